The van der Waals surface area contributed by atoms with E-state index in [9.17, 15) is 0 Å². The lowest BCUT2D eigenvalue weighted by Crippen LogP contribution is -1.95. The number of benzene rings is 1. The largest absolute Gasteiger partial charge is 0.397 e. The van der Waals surface area contributed by atoms with Crippen LogP contribution in [-0.4, -0.2) is 0 Å². The smallest absolute Gasteiger partial charge is 0.0575 e. The number of anilines is 1. The SMILES string of the molecule is CC(C)c1ccc2ccsc2c1N. The first-order chi connectivity index (χ1) is 6.20. The molecule has 0 spiro atoms. The Labute approximate surface area is 82.2 Å². The van der Waals surface area contributed by atoms with Crippen molar-refractivity contribution in [2.75, 3.05) is 5.73 Å². The second-order valence-corrected chi connectivity index (χ2v) is 4.48. The third-order valence-corrected chi connectivity index (χ3v) is 3.28. The van der Waals surface area contributed by atoms with Gasteiger partial charge >= 0.3 is 0 Å². The van der Waals surface area contributed by atoms with Crippen LogP contribution < -0.4 is 5.73 Å². The van der Waals surface area contributed by atoms with Gasteiger partial charge in [0.15, 0.2) is 0 Å². The molecular formula is C11H13NS. The molecule has 2 heteroatoms. The first-order valence-corrected chi connectivity index (χ1v) is 5.33. The molecule has 1 aromatic heterocycles. The normalized spacial score (nSPS) is 11.3. The number of nitrogen functional groups attached to an aromatic ring is 1. The predicted molar refractivity (Wildman–Crippen MR) is 60.3 cm³/mol. The Balaban J connectivity index is 2.73. The lowest BCUT2D eigenvalue weighted by Gasteiger charge is -2.09. The summed E-state index contributed by atoms with van der Waals surface area (Å²) in [5.41, 5.74) is 8.29. The lowest BCUT2D eigenvalue weighted by molar-refractivity contribution is 0.872. The monoisotopic (exact) mass is 191 g/mol. The molecule has 2 N–H and O–H groups in total. The van der Waals surface area contributed by atoms with Crippen LogP contribution in [0.3, 0.4) is 0 Å². The van der Waals surface area contributed by atoms with Crippen LogP contribution in [0, 0.1) is 0 Å². The van der Waals surface area contributed by atoms with Crippen LogP contribution in [0.2, 0.25) is 0 Å². The van der Waals surface area contributed by atoms with Crippen LogP contribution in [-0.2, 0) is 0 Å². The molecule has 1 heterocycles. The second-order valence-electron chi connectivity index (χ2n) is 3.56. The predicted octanol–water partition coefficient (Wildman–Crippen LogP) is 3.61. The molecule has 0 radical (unpaired) electrons. The Hall–Kier alpha value is -1.02. The summed E-state index contributed by atoms with van der Waals surface area (Å²) in [5.74, 6) is 0.506. The standard InChI is InChI=1S/C11H13NS/c1-7(2)9-4-3-8-5-6-13-11(8)10(9)12/h3-7H,12H2,1-2H3. The Morgan fingerprint density at radius 2 is 2.00 bits per heavy atom. The van der Waals surface area contributed by atoms with Gasteiger partial charge in [0.05, 0.1) is 10.4 Å². The highest BCUT2D eigenvalue weighted by Gasteiger charge is 2.07. The number of hydrogen-bond acceptors (Lipinski definition) is 2. The maximum absolute atomic E-state index is 6.07. The van der Waals surface area contributed by atoms with Gasteiger partial charge in [0.1, 0.15) is 0 Å². The Morgan fingerprint density at radius 1 is 1.23 bits per heavy atom. The summed E-state index contributed by atoms with van der Waals surface area (Å²) in [5, 5.41) is 3.34. The molecule has 0 saturated heterocycles. The van der Waals surface area contributed by atoms with E-state index in [1.807, 2.05) is 0 Å². The topological polar surface area (TPSA) is 26.0 Å². The fourth-order valence-corrected chi connectivity index (χ4v) is 2.44. The summed E-state index contributed by atoms with van der Waals surface area (Å²) < 4.78 is 1.23. The van der Waals surface area contributed by atoms with Crippen molar-refractivity contribution in [3.05, 3.63) is 29.1 Å². The molecule has 2 aromatic rings. The number of fused-ring (bicyclic) bond motifs is 1. The van der Waals surface area contributed by atoms with Crippen LogP contribution in [0.15, 0.2) is 23.6 Å². The molecule has 1 aromatic carbocycles. The Morgan fingerprint density at radius 3 is 2.69 bits per heavy atom. The minimum absolute atomic E-state index is 0.506. The third-order valence-electron chi connectivity index (χ3n) is 2.32. The van der Waals surface area contributed by atoms with Crippen LogP contribution in [0.25, 0.3) is 10.1 Å². The van der Waals surface area contributed by atoms with E-state index in [0.717, 1.165) is 5.69 Å². The maximum Gasteiger partial charge on any atom is 0.0575 e. The summed E-state index contributed by atoms with van der Waals surface area (Å²) in [6.07, 6.45) is 0. The Bertz CT molecular complexity index is 429. The van der Waals surface area contributed by atoms with Crippen molar-refractivity contribution in [3.8, 4) is 0 Å². The van der Waals surface area contributed by atoms with Gasteiger partial charge in [0.25, 0.3) is 0 Å². The molecule has 0 saturated carbocycles. The van der Waals surface area contributed by atoms with Crippen molar-refractivity contribution in [1.29, 1.82) is 0 Å². The highest BCUT2D eigenvalue weighted by atomic mass is 32.1. The molecule has 0 atom stereocenters. The molecule has 2 rings (SSSR count). The maximum atomic E-state index is 6.07. The molecule has 0 aliphatic heterocycles. The summed E-state index contributed by atoms with van der Waals surface area (Å²) in [4.78, 5) is 0. The van der Waals surface area contributed by atoms with Crippen molar-refractivity contribution >= 4 is 27.1 Å². The van der Waals surface area contributed by atoms with E-state index >= 15 is 0 Å². The summed E-state index contributed by atoms with van der Waals surface area (Å²) in [6.45, 7) is 4.34. The molecule has 0 aliphatic rings. The average Bonchev–Trinajstić information content (AvgIpc) is 2.52. The zero-order valence-electron chi connectivity index (χ0n) is 7.87. The number of rotatable bonds is 1. The van der Waals surface area contributed by atoms with E-state index in [1.165, 1.54) is 15.6 Å². The molecule has 0 unspecified atom stereocenters. The van der Waals surface area contributed by atoms with Crippen molar-refractivity contribution < 1.29 is 0 Å². The van der Waals surface area contributed by atoms with Gasteiger partial charge in [-0.15, -0.1) is 11.3 Å². The van der Waals surface area contributed by atoms with Crippen molar-refractivity contribution in [2.45, 2.75) is 19.8 Å². The number of nitrogens with two attached hydrogens (primary N) is 1. The van der Waals surface area contributed by atoms with Gasteiger partial charge in [0.2, 0.25) is 0 Å². The summed E-state index contributed by atoms with van der Waals surface area (Å²) in [7, 11) is 0. The zero-order valence-corrected chi connectivity index (χ0v) is 8.69. The lowest BCUT2D eigenvalue weighted by atomic mass is 10.0. The summed E-state index contributed by atoms with van der Waals surface area (Å²) >= 11 is 1.72. The van der Waals surface area contributed by atoms with E-state index in [0.29, 0.717) is 5.92 Å². The molecule has 1 nitrogen and oxygen atoms in total. The van der Waals surface area contributed by atoms with Gasteiger partial charge in [-0.05, 0) is 28.3 Å². The van der Waals surface area contributed by atoms with E-state index < -0.39 is 0 Å². The number of thiophene rings is 1. The fourth-order valence-electron chi connectivity index (χ4n) is 1.57. The molecular weight excluding hydrogens is 178 g/mol. The molecule has 0 aliphatic carbocycles. The van der Waals surface area contributed by atoms with E-state index in [1.54, 1.807) is 11.3 Å². The quantitative estimate of drug-likeness (QED) is 0.685. The first-order valence-electron chi connectivity index (χ1n) is 4.45. The fraction of sp³-hybridized carbons (Fsp3) is 0.273. The van der Waals surface area contributed by atoms with E-state index in [-0.39, 0.29) is 0 Å². The van der Waals surface area contributed by atoms with Gasteiger partial charge in [-0.2, -0.15) is 0 Å². The molecule has 0 amide bonds. The van der Waals surface area contributed by atoms with Crippen LogP contribution >= 0.6 is 11.3 Å². The van der Waals surface area contributed by atoms with Crippen LogP contribution in [0.1, 0.15) is 25.3 Å². The molecule has 0 fully saturated rings. The second kappa shape index (κ2) is 3.04. The first kappa shape index (κ1) is 8.57. The van der Waals surface area contributed by atoms with Crippen molar-refractivity contribution in [1.82, 2.24) is 0 Å². The molecule has 0 bridgehead atoms. The molecule has 68 valence electrons. The van der Waals surface area contributed by atoms with Crippen LogP contribution in [0.4, 0.5) is 5.69 Å². The van der Waals surface area contributed by atoms with Gasteiger partial charge in [-0.3, -0.25) is 0 Å². The van der Waals surface area contributed by atoms with Gasteiger partial charge in [0, 0.05) is 0 Å². The minimum Gasteiger partial charge on any atom is -0.397 e. The summed E-state index contributed by atoms with van der Waals surface area (Å²) in [6, 6.07) is 6.40. The van der Waals surface area contributed by atoms with E-state index in [4.69, 9.17) is 5.73 Å². The van der Waals surface area contributed by atoms with Crippen molar-refractivity contribution in [3.63, 3.8) is 0 Å². The average molecular weight is 191 g/mol. The zero-order chi connectivity index (χ0) is 9.42. The van der Waals surface area contributed by atoms with Crippen molar-refractivity contribution in [2.24, 2.45) is 0 Å². The molecule has 13 heavy (non-hydrogen) atoms. The van der Waals surface area contributed by atoms with Gasteiger partial charge in [-0.1, -0.05) is 26.0 Å². The van der Waals surface area contributed by atoms with Gasteiger partial charge in [-0.25, -0.2) is 0 Å². The Kier molecular flexibility index (Phi) is 2.00. The third kappa shape index (κ3) is 1.31. The highest BCUT2D eigenvalue weighted by molar-refractivity contribution is 7.17. The van der Waals surface area contributed by atoms with E-state index in [2.05, 4.69) is 37.4 Å². The minimum atomic E-state index is 0.506. The van der Waals surface area contributed by atoms with Gasteiger partial charge < -0.3 is 5.73 Å². The van der Waals surface area contributed by atoms with Crippen LogP contribution in [0.5, 0.6) is 0 Å². The highest BCUT2D eigenvalue weighted by Crippen LogP contribution is 2.32. The number of hydrogen-bond donors (Lipinski definition) is 1.